The first-order chi connectivity index (χ1) is 8.31. The van der Waals surface area contributed by atoms with Gasteiger partial charge in [-0.15, -0.1) is 0 Å². The fourth-order valence-electron chi connectivity index (χ4n) is 2.04. The number of rotatable bonds is 13. The normalized spacial score (nSPS) is 12.9. The van der Waals surface area contributed by atoms with Crippen LogP contribution in [0, 0.1) is 0 Å². The van der Waals surface area contributed by atoms with Gasteiger partial charge in [0.2, 0.25) is 0 Å². The molecule has 0 rings (SSSR count). The van der Waals surface area contributed by atoms with E-state index in [1.165, 1.54) is 57.8 Å². The van der Waals surface area contributed by atoms with Crippen LogP contribution in [0.1, 0.15) is 84.0 Å². The predicted molar refractivity (Wildman–Crippen MR) is 70.8 cm³/mol. The Morgan fingerprint density at radius 2 is 1.18 bits per heavy atom. The van der Waals surface area contributed by atoms with E-state index in [2.05, 4.69) is 11.8 Å². The lowest BCUT2D eigenvalue weighted by atomic mass is 10.1. The number of aliphatic hydroxyl groups excluding tert-OH is 1. The summed E-state index contributed by atoms with van der Waals surface area (Å²) in [6.07, 6.45) is 13.7. The average molecular weight is 246 g/mol. The lowest BCUT2D eigenvalue weighted by Crippen LogP contribution is -2.08. The molecule has 0 aromatic carbocycles. The zero-order chi connectivity index (χ0) is 12.8. The van der Waals surface area contributed by atoms with Gasteiger partial charge in [-0.2, -0.15) is 0 Å². The summed E-state index contributed by atoms with van der Waals surface area (Å²) in [5.74, 6) is 0. The van der Waals surface area contributed by atoms with E-state index in [9.17, 15) is 0 Å². The van der Waals surface area contributed by atoms with E-state index in [1.807, 2.05) is 0 Å². The van der Waals surface area contributed by atoms with E-state index in [4.69, 9.17) is 10.4 Å². The summed E-state index contributed by atoms with van der Waals surface area (Å²) in [6.45, 7) is 2.25. The SMILES string of the molecule is CCCCCCCCCCCCCC(O)OO. The van der Waals surface area contributed by atoms with Crippen molar-refractivity contribution in [1.29, 1.82) is 0 Å². The maximum absolute atomic E-state index is 8.93. The van der Waals surface area contributed by atoms with Gasteiger partial charge in [-0.25, -0.2) is 10.1 Å². The highest BCUT2D eigenvalue weighted by Gasteiger charge is 2.01. The molecule has 0 amide bonds. The van der Waals surface area contributed by atoms with Crippen molar-refractivity contribution in [2.24, 2.45) is 0 Å². The largest absolute Gasteiger partial charge is 0.366 e. The third-order valence-corrected chi connectivity index (χ3v) is 3.18. The van der Waals surface area contributed by atoms with Crippen molar-refractivity contribution < 1.29 is 15.3 Å². The molecule has 2 N–H and O–H groups in total. The van der Waals surface area contributed by atoms with Gasteiger partial charge in [0, 0.05) is 6.42 Å². The number of hydrogen-bond donors (Lipinski definition) is 2. The molecule has 1 atom stereocenters. The number of hydrogen-bond acceptors (Lipinski definition) is 3. The van der Waals surface area contributed by atoms with Crippen LogP contribution in [0.15, 0.2) is 0 Å². The van der Waals surface area contributed by atoms with Crippen LogP contribution in [-0.4, -0.2) is 16.7 Å². The van der Waals surface area contributed by atoms with Gasteiger partial charge in [0.25, 0.3) is 0 Å². The maximum Gasteiger partial charge on any atom is 0.188 e. The van der Waals surface area contributed by atoms with E-state index in [0.29, 0.717) is 6.42 Å². The second-order valence-electron chi connectivity index (χ2n) is 4.88. The Morgan fingerprint density at radius 1 is 0.765 bits per heavy atom. The smallest absolute Gasteiger partial charge is 0.188 e. The van der Waals surface area contributed by atoms with E-state index >= 15 is 0 Å². The van der Waals surface area contributed by atoms with Crippen LogP contribution in [0.2, 0.25) is 0 Å². The second-order valence-corrected chi connectivity index (χ2v) is 4.88. The van der Waals surface area contributed by atoms with E-state index < -0.39 is 6.29 Å². The van der Waals surface area contributed by atoms with Crippen molar-refractivity contribution in [2.75, 3.05) is 0 Å². The molecule has 0 saturated carbocycles. The maximum atomic E-state index is 8.93. The molecule has 0 fully saturated rings. The molecule has 0 radical (unpaired) electrons. The Hall–Kier alpha value is -0.120. The molecule has 0 aliphatic carbocycles. The molecular formula is C14H30O3. The zero-order valence-electron chi connectivity index (χ0n) is 11.4. The minimum absolute atomic E-state index is 0.535. The first-order valence-electron chi connectivity index (χ1n) is 7.29. The molecule has 0 aromatic heterocycles. The summed E-state index contributed by atoms with van der Waals surface area (Å²) in [5.41, 5.74) is 0. The molecule has 0 heterocycles. The molecule has 17 heavy (non-hydrogen) atoms. The zero-order valence-corrected chi connectivity index (χ0v) is 11.4. The minimum Gasteiger partial charge on any atom is -0.366 e. The molecular weight excluding hydrogens is 216 g/mol. The highest BCUT2D eigenvalue weighted by atomic mass is 17.1. The Morgan fingerprint density at radius 3 is 1.59 bits per heavy atom. The standard InChI is InChI=1S/C14H30O3/c1-2-3-4-5-6-7-8-9-10-11-12-13-14(15)17-16/h14-16H,2-13H2,1H3. The van der Waals surface area contributed by atoms with Gasteiger partial charge < -0.3 is 5.11 Å². The van der Waals surface area contributed by atoms with Crippen LogP contribution in [0.25, 0.3) is 0 Å². The Balaban J connectivity index is 2.94. The predicted octanol–water partition coefficient (Wildman–Crippen LogP) is 4.50. The lowest BCUT2D eigenvalue weighted by Gasteiger charge is -2.05. The van der Waals surface area contributed by atoms with Crippen molar-refractivity contribution >= 4 is 0 Å². The van der Waals surface area contributed by atoms with Crippen LogP contribution in [0.4, 0.5) is 0 Å². The summed E-state index contributed by atoms with van der Waals surface area (Å²) >= 11 is 0. The molecule has 104 valence electrons. The lowest BCUT2D eigenvalue weighted by molar-refractivity contribution is -0.335. The molecule has 0 aliphatic heterocycles. The van der Waals surface area contributed by atoms with E-state index in [-0.39, 0.29) is 0 Å². The van der Waals surface area contributed by atoms with Gasteiger partial charge in [0.1, 0.15) is 0 Å². The van der Waals surface area contributed by atoms with Gasteiger partial charge >= 0.3 is 0 Å². The topological polar surface area (TPSA) is 49.7 Å². The van der Waals surface area contributed by atoms with Crippen molar-refractivity contribution in [3.63, 3.8) is 0 Å². The first kappa shape index (κ1) is 16.9. The van der Waals surface area contributed by atoms with Crippen molar-refractivity contribution in [3.8, 4) is 0 Å². The van der Waals surface area contributed by atoms with Gasteiger partial charge in [0.05, 0.1) is 0 Å². The van der Waals surface area contributed by atoms with Crippen molar-refractivity contribution in [2.45, 2.75) is 90.3 Å². The highest BCUT2D eigenvalue weighted by molar-refractivity contribution is 4.49. The summed E-state index contributed by atoms with van der Waals surface area (Å²) in [6, 6.07) is 0. The average Bonchev–Trinajstić information content (AvgIpc) is 2.35. The number of unbranched alkanes of at least 4 members (excludes halogenated alkanes) is 10. The van der Waals surface area contributed by atoms with Crippen LogP contribution < -0.4 is 0 Å². The summed E-state index contributed by atoms with van der Waals surface area (Å²) in [7, 11) is 0. The fourth-order valence-corrected chi connectivity index (χ4v) is 2.04. The fraction of sp³-hybridized carbons (Fsp3) is 1.00. The third-order valence-electron chi connectivity index (χ3n) is 3.18. The number of aliphatic hydroxyl groups is 1. The van der Waals surface area contributed by atoms with Crippen LogP contribution >= 0.6 is 0 Å². The summed E-state index contributed by atoms with van der Waals surface area (Å²) in [5, 5.41) is 17.1. The van der Waals surface area contributed by atoms with Crippen molar-refractivity contribution in [3.05, 3.63) is 0 Å². The van der Waals surface area contributed by atoms with Crippen LogP contribution in [0.5, 0.6) is 0 Å². The summed E-state index contributed by atoms with van der Waals surface area (Å²) < 4.78 is 0. The van der Waals surface area contributed by atoms with E-state index in [1.54, 1.807) is 0 Å². The van der Waals surface area contributed by atoms with Crippen molar-refractivity contribution in [1.82, 2.24) is 0 Å². The first-order valence-corrected chi connectivity index (χ1v) is 7.29. The Bertz CT molecular complexity index is 139. The van der Waals surface area contributed by atoms with E-state index in [0.717, 1.165) is 12.8 Å². The minimum atomic E-state index is -0.992. The third kappa shape index (κ3) is 13.8. The van der Waals surface area contributed by atoms with Gasteiger partial charge in [-0.3, -0.25) is 0 Å². The van der Waals surface area contributed by atoms with Gasteiger partial charge in [-0.1, -0.05) is 71.1 Å². The molecule has 0 saturated heterocycles. The molecule has 0 aliphatic rings. The van der Waals surface area contributed by atoms with Crippen LogP contribution in [-0.2, 0) is 4.89 Å². The Kier molecular flexibility index (Phi) is 13.8. The molecule has 3 heteroatoms. The molecule has 3 nitrogen and oxygen atoms in total. The molecule has 0 aromatic rings. The van der Waals surface area contributed by atoms with Gasteiger partial charge in [0.15, 0.2) is 6.29 Å². The summed E-state index contributed by atoms with van der Waals surface area (Å²) in [4.78, 5) is 3.80. The quantitative estimate of drug-likeness (QED) is 0.218. The highest BCUT2D eigenvalue weighted by Crippen LogP contribution is 2.12. The second kappa shape index (κ2) is 13.9. The van der Waals surface area contributed by atoms with Gasteiger partial charge in [-0.05, 0) is 6.42 Å². The van der Waals surface area contributed by atoms with Crippen LogP contribution in [0.3, 0.4) is 0 Å². The molecule has 0 spiro atoms. The monoisotopic (exact) mass is 246 g/mol. The molecule has 1 unspecified atom stereocenters. The Labute approximate surface area is 106 Å². The molecule has 0 bridgehead atoms.